The first-order valence-electron chi connectivity index (χ1n) is 11.2. The number of carbonyl (C=O) groups is 2. The maximum absolute atomic E-state index is 13.4. The molecule has 0 radical (unpaired) electrons. The van der Waals surface area contributed by atoms with Crippen LogP contribution in [0.1, 0.15) is 51.4 Å². The van der Waals surface area contributed by atoms with Gasteiger partial charge >= 0.3 is 0 Å². The van der Waals surface area contributed by atoms with Gasteiger partial charge in [-0.3, -0.25) is 9.59 Å². The predicted octanol–water partition coefficient (Wildman–Crippen LogP) is 4.44. The van der Waals surface area contributed by atoms with Crippen molar-refractivity contribution in [3.8, 4) is 11.4 Å². The number of hydrogen-bond acceptors (Lipinski definition) is 4. The number of rotatable bonds is 6. The minimum absolute atomic E-state index is 0.220. The quantitative estimate of drug-likeness (QED) is 0.586. The highest BCUT2D eigenvalue weighted by atomic mass is 16.5. The van der Waals surface area contributed by atoms with Gasteiger partial charge < -0.3 is 25.3 Å². The van der Waals surface area contributed by atoms with Gasteiger partial charge in [-0.1, -0.05) is 0 Å². The second-order valence-corrected chi connectivity index (χ2v) is 8.42. The summed E-state index contributed by atoms with van der Waals surface area (Å²) in [5.41, 5.74) is 10.7. The summed E-state index contributed by atoms with van der Waals surface area (Å²) in [5, 5.41) is 3.05. The van der Waals surface area contributed by atoms with E-state index in [4.69, 9.17) is 10.5 Å². The zero-order chi connectivity index (χ0) is 23.5. The van der Waals surface area contributed by atoms with Gasteiger partial charge in [0.05, 0.1) is 24.0 Å². The Morgan fingerprint density at radius 2 is 1.67 bits per heavy atom. The molecule has 2 aromatic carbocycles. The molecule has 7 nitrogen and oxygen atoms in total. The lowest BCUT2D eigenvalue weighted by molar-refractivity contribution is 0.0996. The second kappa shape index (κ2) is 9.40. The van der Waals surface area contributed by atoms with Gasteiger partial charge in [-0.15, -0.1) is 0 Å². The van der Waals surface area contributed by atoms with Crippen LogP contribution in [0.3, 0.4) is 0 Å². The fraction of sp³-hybridized carbons (Fsp3) is 0.308. The van der Waals surface area contributed by atoms with Gasteiger partial charge in [0.2, 0.25) is 5.91 Å². The number of nitrogens with one attached hydrogen (secondary N) is 1. The van der Waals surface area contributed by atoms with Crippen LogP contribution >= 0.6 is 0 Å². The maximum Gasteiger partial charge on any atom is 0.257 e. The van der Waals surface area contributed by atoms with E-state index in [1.165, 1.54) is 6.42 Å². The molecule has 0 unspecified atom stereocenters. The Hall–Kier alpha value is -3.74. The van der Waals surface area contributed by atoms with Crippen molar-refractivity contribution in [3.05, 3.63) is 71.0 Å². The minimum Gasteiger partial charge on any atom is -0.497 e. The molecule has 0 aliphatic carbocycles. The van der Waals surface area contributed by atoms with E-state index >= 15 is 0 Å². The Bertz CT molecular complexity index is 1170. The lowest BCUT2D eigenvalue weighted by Crippen LogP contribution is -2.30. The number of ether oxygens (including phenoxy) is 1. The highest BCUT2D eigenvalue weighted by molar-refractivity contribution is 6.08. The van der Waals surface area contributed by atoms with Crippen LogP contribution in [0, 0.1) is 13.8 Å². The molecule has 0 atom stereocenters. The number of nitrogens with zero attached hydrogens (tertiary/aromatic N) is 2. The van der Waals surface area contributed by atoms with Crippen LogP contribution in [-0.4, -0.2) is 36.6 Å². The van der Waals surface area contributed by atoms with Gasteiger partial charge in [-0.05, 0) is 81.6 Å². The summed E-state index contributed by atoms with van der Waals surface area (Å²) in [5.74, 6) is 0.0369. The Morgan fingerprint density at radius 1 is 0.970 bits per heavy atom. The Kier molecular flexibility index (Phi) is 6.40. The number of piperidine rings is 1. The third-order valence-corrected chi connectivity index (χ3v) is 6.23. The van der Waals surface area contributed by atoms with E-state index in [9.17, 15) is 9.59 Å². The van der Waals surface area contributed by atoms with E-state index in [1.54, 1.807) is 19.2 Å². The van der Waals surface area contributed by atoms with Crippen molar-refractivity contribution in [3.63, 3.8) is 0 Å². The first-order chi connectivity index (χ1) is 15.9. The van der Waals surface area contributed by atoms with Crippen LogP contribution in [0.2, 0.25) is 0 Å². The van der Waals surface area contributed by atoms with Gasteiger partial charge in [0, 0.05) is 35.7 Å². The number of benzene rings is 2. The molecule has 0 bridgehead atoms. The lowest BCUT2D eigenvalue weighted by atomic mass is 10.1. The molecule has 0 spiro atoms. The van der Waals surface area contributed by atoms with Gasteiger partial charge in [0.25, 0.3) is 5.91 Å². The van der Waals surface area contributed by atoms with E-state index in [-0.39, 0.29) is 5.91 Å². The molecule has 172 valence electrons. The molecule has 4 rings (SSSR count). The average Bonchev–Trinajstić information content (AvgIpc) is 3.13. The Balaban J connectivity index is 1.66. The molecule has 2 amide bonds. The first kappa shape index (κ1) is 22.5. The molecule has 7 heteroatoms. The number of methoxy groups -OCH3 is 1. The standard InChI is InChI=1S/C26H30N4O3/c1-17-15-22(18(2)30(17)20-8-10-21(33-3)11-9-20)26(32)28-23-16-19(25(27)31)7-12-24(23)29-13-5-4-6-14-29/h7-12,15-16H,4-6,13-14H2,1-3H3,(H2,27,31)(H,28,32). The number of amides is 2. The van der Waals surface area contributed by atoms with Crippen molar-refractivity contribution in [1.82, 2.24) is 4.57 Å². The van der Waals surface area contributed by atoms with E-state index < -0.39 is 5.91 Å². The third kappa shape index (κ3) is 4.58. The number of anilines is 2. The number of primary amides is 1. The average molecular weight is 447 g/mol. The fourth-order valence-corrected chi connectivity index (χ4v) is 4.51. The summed E-state index contributed by atoms with van der Waals surface area (Å²) >= 11 is 0. The van der Waals surface area contributed by atoms with Crippen LogP contribution in [-0.2, 0) is 0 Å². The lowest BCUT2D eigenvalue weighted by Gasteiger charge is -2.30. The molecule has 0 saturated carbocycles. The number of nitrogens with two attached hydrogens (primary N) is 1. The topological polar surface area (TPSA) is 89.6 Å². The number of hydrogen-bond donors (Lipinski definition) is 2. The second-order valence-electron chi connectivity index (χ2n) is 8.42. The summed E-state index contributed by atoms with van der Waals surface area (Å²) in [4.78, 5) is 27.4. The maximum atomic E-state index is 13.4. The summed E-state index contributed by atoms with van der Waals surface area (Å²) in [7, 11) is 1.63. The van der Waals surface area contributed by atoms with Gasteiger partial charge in [0.1, 0.15) is 5.75 Å². The normalized spacial score (nSPS) is 13.6. The van der Waals surface area contributed by atoms with Crippen LogP contribution in [0.5, 0.6) is 5.75 Å². The summed E-state index contributed by atoms with van der Waals surface area (Å²) < 4.78 is 7.29. The van der Waals surface area contributed by atoms with Gasteiger partial charge in [0.15, 0.2) is 0 Å². The Morgan fingerprint density at radius 3 is 2.30 bits per heavy atom. The number of aryl methyl sites for hydroxylation is 1. The Labute approximate surface area is 194 Å². The van der Waals surface area contributed by atoms with Crippen molar-refractivity contribution in [1.29, 1.82) is 0 Å². The van der Waals surface area contributed by atoms with E-state index in [2.05, 4.69) is 10.2 Å². The zero-order valence-electron chi connectivity index (χ0n) is 19.4. The summed E-state index contributed by atoms with van der Waals surface area (Å²) in [6, 6.07) is 14.9. The molecule has 33 heavy (non-hydrogen) atoms. The van der Waals surface area contributed by atoms with Crippen molar-refractivity contribution in [2.45, 2.75) is 33.1 Å². The molecule has 3 aromatic rings. The predicted molar refractivity (Wildman–Crippen MR) is 131 cm³/mol. The van der Waals surface area contributed by atoms with E-state index in [0.29, 0.717) is 16.8 Å². The zero-order valence-corrected chi connectivity index (χ0v) is 19.4. The molecule has 1 saturated heterocycles. The van der Waals surface area contributed by atoms with E-state index in [0.717, 1.165) is 54.4 Å². The van der Waals surface area contributed by atoms with Crippen LogP contribution in [0.4, 0.5) is 11.4 Å². The van der Waals surface area contributed by atoms with E-state index in [1.807, 2.05) is 54.8 Å². The molecule has 1 aliphatic heterocycles. The fourth-order valence-electron chi connectivity index (χ4n) is 4.51. The van der Waals surface area contributed by atoms with Gasteiger partial charge in [-0.25, -0.2) is 0 Å². The molecule has 3 N–H and O–H groups in total. The SMILES string of the molecule is COc1ccc(-n2c(C)cc(C(=O)Nc3cc(C(N)=O)ccc3N3CCCCC3)c2C)cc1. The molecule has 2 heterocycles. The van der Waals surface area contributed by atoms with Crippen molar-refractivity contribution >= 4 is 23.2 Å². The molecular formula is C26H30N4O3. The highest BCUT2D eigenvalue weighted by Crippen LogP contribution is 2.31. The third-order valence-electron chi connectivity index (χ3n) is 6.23. The first-order valence-corrected chi connectivity index (χ1v) is 11.2. The van der Waals surface area contributed by atoms with Crippen LogP contribution < -0.4 is 20.7 Å². The minimum atomic E-state index is -0.520. The largest absolute Gasteiger partial charge is 0.497 e. The van der Waals surface area contributed by atoms with Crippen molar-refractivity contribution < 1.29 is 14.3 Å². The molecule has 1 aromatic heterocycles. The molecule has 1 fully saturated rings. The van der Waals surface area contributed by atoms with Gasteiger partial charge in [-0.2, -0.15) is 0 Å². The van der Waals surface area contributed by atoms with Crippen LogP contribution in [0.15, 0.2) is 48.5 Å². The summed E-state index contributed by atoms with van der Waals surface area (Å²) in [6.45, 7) is 5.74. The van der Waals surface area contributed by atoms with Crippen molar-refractivity contribution in [2.75, 3.05) is 30.4 Å². The monoisotopic (exact) mass is 446 g/mol. The number of aromatic nitrogens is 1. The van der Waals surface area contributed by atoms with Crippen LogP contribution in [0.25, 0.3) is 5.69 Å². The number of carbonyl (C=O) groups excluding carboxylic acids is 2. The smallest absolute Gasteiger partial charge is 0.257 e. The molecule has 1 aliphatic rings. The molecular weight excluding hydrogens is 416 g/mol. The highest BCUT2D eigenvalue weighted by Gasteiger charge is 2.21. The van der Waals surface area contributed by atoms with Crippen molar-refractivity contribution in [2.24, 2.45) is 5.73 Å². The summed E-state index contributed by atoms with van der Waals surface area (Å²) in [6.07, 6.45) is 3.41.